The monoisotopic (exact) mass is 803 g/mol. The van der Waals surface area contributed by atoms with Crippen molar-refractivity contribution >= 4 is 41.5 Å². The van der Waals surface area contributed by atoms with Crippen LogP contribution in [-0.2, 0) is 32.8 Å². The SMILES string of the molecule is CCCCCn1c(-c2ccccc2)[c]c2c(-c3c(-c4ccccc4)n(CCCCC)c4ccc(S(=O)(=O)c5ccccc5)cc34)c(S(=O)(=O)c3ccccc3)ccc21. The Morgan fingerprint density at radius 2 is 1.00 bits per heavy atom. The summed E-state index contributed by atoms with van der Waals surface area (Å²) in [5, 5.41) is 1.34. The number of hydrogen-bond acceptors (Lipinski definition) is 4. The predicted molar refractivity (Wildman–Crippen MR) is 235 cm³/mol. The van der Waals surface area contributed by atoms with Gasteiger partial charge >= 0.3 is 0 Å². The number of sulfone groups is 2. The van der Waals surface area contributed by atoms with E-state index in [0.717, 1.165) is 78.6 Å². The van der Waals surface area contributed by atoms with Gasteiger partial charge in [0.15, 0.2) is 0 Å². The van der Waals surface area contributed by atoms with Crippen LogP contribution < -0.4 is 0 Å². The number of unbranched alkanes of at least 4 members (excludes halogenated alkanes) is 4. The van der Waals surface area contributed by atoms with Crippen LogP contribution in [0.15, 0.2) is 171 Å². The standard InChI is InChI=1S/C50H47N2O4S2/c1-3-5-19-33-51-44-31-32-47(58(55,56)40-27-17-10-18-28-40)48(43(44)36-46(51)37-21-11-7-12-22-37)49-42-35-41(57(53,54)39-25-15-9-16-26-39)29-30-45(42)52(34-20-6-4-2)50(49)38-23-13-8-14-24-38/h7-18,21-32,35H,3-6,19-20,33-34H2,1-2H3. The van der Waals surface area contributed by atoms with Crippen LogP contribution >= 0.6 is 0 Å². The maximum absolute atomic E-state index is 15.1. The molecule has 293 valence electrons. The van der Waals surface area contributed by atoms with Gasteiger partial charge in [-0.05, 0) is 78.6 Å². The molecule has 6 aromatic carbocycles. The minimum Gasteiger partial charge on any atom is -0.340 e. The van der Waals surface area contributed by atoms with Gasteiger partial charge in [0.25, 0.3) is 0 Å². The zero-order chi connectivity index (χ0) is 40.3. The Balaban J connectivity index is 1.56. The van der Waals surface area contributed by atoms with E-state index in [1.165, 1.54) is 0 Å². The van der Waals surface area contributed by atoms with E-state index in [1.54, 1.807) is 72.8 Å². The molecule has 0 amide bonds. The van der Waals surface area contributed by atoms with Crippen LogP contribution in [0.3, 0.4) is 0 Å². The molecule has 0 saturated carbocycles. The van der Waals surface area contributed by atoms with Crippen molar-refractivity contribution in [3.63, 3.8) is 0 Å². The molecule has 0 aliphatic carbocycles. The lowest BCUT2D eigenvalue weighted by atomic mass is 9.95. The fraction of sp³-hybridized carbons (Fsp3) is 0.200. The predicted octanol–water partition coefficient (Wildman–Crippen LogP) is 12.4. The van der Waals surface area contributed by atoms with Crippen LogP contribution in [0, 0.1) is 6.07 Å². The number of aromatic nitrogens is 2. The molecule has 0 aliphatic heterocycles. The smallest absolute Gasteiger partial charge is 0.207 e. The molecule has 0 fully saturated rings. The van der Waals surface area contributed by atoms with E-state index >= 15 is 8.42 Å². The summed E-state index contributed by atoms with van der Waals surface area (Å²) in [4.78, 5) is 0.667. The van der Waals surface area contributed by atoms with Crippen molar-refractivity contribution in [3.8, 4) is 33.6 Å². The molecular weight excluding hydrogens is 757 g/mol. The molecule has 0 atom stereocenters. The van der Waals surface area contributed by atoms with Gasteiger partial charge in [0.1, 0.15) is 0 Å². The van der Waals surface area contributed by atoms with Crippen LogP contribution in [0.1, 0.15) is 52.4 Å². The van der Waals surface area contributed by atoms with Gasteiger partial charge in [0.2, 0.25) is 19.7 Å². The first-order valence-corrected chi connectivity index (χ1v) is 23.2. The number of nitrogens with zero attached hydrogens (tertiary/aromatic N) is 2. The van der Waals surface area contributed by atoms with Gasteiger partial charge in [-0.15, -0.1) is 0 Å². The van der Waals surface area contributed by atoms with Crippen LogP contribution in [-0.4, -0.2) is 26.0 Å². The Kier molecular flexibility index (Phi) is 11.2. The Bertz CT molecular complexity index is 2920. The average Bonchev–Trinajstić information content (AvgIpc) is 3.80. The summed E-state index contributed by atoms with van der Waals surface area (Å²) in [5.74, 6) is 0. The van der Waals surface area contributed by atoms with E-state index in [9.17, 15) is 8.42 Å². The number of rotatable bonds is 15. The van der Waals surface area contributed by atoms with Crippen molar-refractivity contribution in [1.82, 2.24) is 9.13 Å². The van der Waals surface area contributed by atoms with Crippen LogP contribution in [0.2, 0.25) is 0 Å². The second kappa shape index (κ2) is 16.6. The Hall–Kier alpha value is -5.70. The summed E-state index contributed by atoms with van der Waals surface area (Å²) in [6.07, 6.45) is 5.96. The number of benzene rings is 6. The number of aryl methyl sites for hydroxylation is 2. The lowest BCUT2D eigenvalue weighted by Crippen LogP contribution is -2.06. The van der Waals surface area contributed by atoms with Gasteiger partial charge in [-0.1, -0.05) is 137 Å². The third-order valence-electron chi connectivity index (χ3n) is 11.0. The van der Waals surface area contributed by atoms with Gasteiger partial charge in [-0.25, -0.2) is 16.8 Å². The van der Waals surface area contributed by atoms with Crippen molar-refractivity contribution in [1.29, 1.82) is 0 Å². The lowest BCUT2D eigenvalue weighted by Gasteiger charge is -2.17. The van der Waals surface area contributed by atoms with Crippen molar-refractivity contribution in [2.45, 2.75) is 85.0 Å². The summed E-state index contributed by atoms with van der Waals surface area (Å²) in [6, 6.07) is 50.0. The maximum Gasteiger partial charge on any atom is 0.207 e. The highest BCUT2D eigenvalue weighted by Gasteiger charge is 2.32. The average molecular weight is 804 g/mol. The molecule has 0 bridgehead atoms. The highest BCUT2D eigenvalue weighted by atomic mass is 32.2. The van der Waals surface area contributed by atoms with Crippen molar-refractivity contribution in [3.05, 3.63) is 158 Å². The molecule has 0 spiro atoms. The molecule has 2 aromatic heterocycles. The van der Waals surface area contributed by atoms with E-state index in [2.05, 4.69) is 53.3 Å². The Labute approximate surface area is 342 Å². The van der Waals surface area contributed by atoms with Crippen molar-refractivity contribution in [2.24, 2.45) is 0 Å². The zero-order valence-electron chi connectivity index (χ0n) is 32.9. The molecule has 58 heavy (non-hydrogen) atoms. The molecule has 0 unspecified atom stereocenters. The molecule has 2 heterocycles. The molecule has 0 N–H and O–H groups in total. The molecule has 6 nitrogen and oxygen atoms in total. The minimum atomic E-state index is -4.12. The topological polar surface area (TPSA) is 78.1 Å². The van der Waals surface area contributed by atoms with Gasteiger partial charge in [-0.3, -0.25) is 0 Å². The normalized spacial score (nSPS) is 12.1. The van der Waals surface area contributed by atoms with E-state index in [0.29, 0.717) is 28.4 Å². The third-order valence-corrected chi connectivity index (χ3v) is 14.6. The molecular formula is C50H47N2O4S2. The van der Waals surface area contributed by atoms with Gasteiger partial charge in [-0.2, -0.15) is 0 Å². The third kappa shape index (κ3) is 7.20. The molecule has 8 rings (SSSR count). The maximum atomic E-state index is 15.1. The summed E-state index contributed by atoms with van der Waals surface area (Å²) in [6.45, 7) is 5.74. The lowest BCUT2D eigenvalue weighted by molar-refractivity contribution is 0.594. The first-order valence-electron chi connectivity index (χ1n) is 20.2. The van der Waals surface area contributed by atoms with E-state index in [4.69, 9.17) is 0 Å². The summed E-state index contributed by atoms with van der Waals surface area (Å²) in [5.41, 5.74) is 6.50. The Morgan fingerprint density at radius 3 is 1.59 bits per heavy atom. The number of fused-ring (bicyclic) bond motifs is 2. The second-order valence-corrected chi connectivity index (χ2v) is 18.7. The summed E-state index contributed by atoms with van der Waals surface area (Å²) >= 11 is 0. The van der Waals surface area contributed by atoms with E-state index in [1.807, 2.05) is 54.6 Å². The minimum absolute atomic E-state index is 0.142. The highest BCUT2D eigenvalue weighted by Crippen LogP contribution is 2.49. The first kappa shape index (κ1) is 39.1. The fourth-order valence-electron chi connectivity index (χ4n) is 8.14. The molecule has 0 aliphatic rings. The van der Waals surface area contributed by atoms with Gasteiger partial charge in [0, 0.05) is 52.1 Å². The largest absolute Gasteiger partial charge is 0.340 e. The summed E-state index contributed by atoms with van der Waals surface area (Å²) < 4.78 is 63.5. The van der Waals surface area contributed by atoms with Crippen LogP contribution in [0.4, 0.5) is 0 Å². The molecule has 1 radical (unpaired) electrons. The van der Waals surface area contributed by atoms with E-state index < -0.39 is 19.7 Å². The van der Waals surface area contributed by atoms with Crippen molar-refractivity contribution in [2.75, 3.05) is 0 Å². The zero-order valence-corrected chi connectivity index (χ0v) is 34.6. The van der Waals surface area contributed by atoms with E-state index in [-0.39, 0.29) is 19.6 Å². The fourth-order valence-corrected chi connectivity index (χ4v) is 10.9. The van der Waals surface area contributed by atoms with Crippen LogP contribution in [0.5, 0.6) is 0 Å². The molecule has 0 saturated heterocycles. The number of hydrogen-bond donors (Lipinski definition) is 0. The van der Waals surface area contributed by atoms with Crippen molar-refractivity contribution < 1.29 is 16.8 Å². The second-order valence-electron chi connectivity index (χ2n) is 14.8. The van der Waals surface area contributed by atoms with Gasteiger partial charge < -0.3 is 9.13 Å². The highest BCUT2D eigenvalue weighted by molar-refractivity contribution is 7.92. The summed E-state index contributed by atoms with van der Waals surface area (Å²) in [7, 11) is -8.05. The Morgan fingerprint density at radius 1 is 0.483 bits per heavy atom. The first-order chi connectivity index (χ1) is 28.3. The molecule has 8 heteroatoms. The van der Waals surface area contributed by atoms with Gasteiger partial charge in [0.05, 0.1) is 31.0 Å². The quantitative estimate of drug-likeness (QED) is 0.0967. The molecule has 8 aromatic rings. The van der Waals surface area contributed by atoms with Crippen LogP contribution in [0.25, 0.3) is 55.4 Å².